The van der Waals surface area contributed by atoms with Crippen LogP contribution in [0.25, 0.3) is 0 Å². The number of aliphatic carboxylic acids is 1. The lowest BCUT2D eigenvalue weighted by Crippen LogP contribution is -2.60. The highest BCUT2D eigenvalue weighted by atomic mass is 19.1. The topological polar surface area (TPSA) is 75.6 Å². The van der Waals surface area contributed by atoms with Crippen LogP contribution in [0.3, 0.4) is 0 Å². The molecule has 1 aromatic carbocycles. The Hall–Kier alpha value is -1.95. The molecule has 5 nitrogen and oxygen atoms in total. The van der Waals surface area contributed by atoms with Crippen LogP contribution in [0.4, 0.5) is 4.39 Å². The average molecular weight is 349 g/mol. The fourth-order valence-electron chi connectivity index (χ4n) is 4.04. The third-order valence-electron chi connectivity index (χ3n) is 5.63. The zero-order valence-corrected chi connectivity index (χ0v) is 14.2. The van der Waals surface area contributed by atoms with Gasteiger partial charge in [0.25, 0.3) is 0 Å². The molecular formula is C19H24FNO4. The summed E-state index contributed by atoms with van der Waals surface area (Å²) in [6, 6.07) is 6.04. The summed E-state index contributed by atoms with van der Waals surface area (Å²) in [5, 5.41) is 12.6. The minimum absolute atomic E-state index is 0.328. The molecule has 2 aliphatic rings. The van der Waals surface area contributed by atoms with Crippen molar-refractivity contribution in [2.24, 2.45) is 0 Å². The molecule has 6 heteroatoms. The van der Waals surface area contributed by atoms with Crippen LogP contribution in [-0.4, -0.2) is 35.7 Å². The lowest BCUT2D eigenvalue weighted by Gasteiger charge is -2.41. The van der Waals surface area contributed by atoms with Gasteiger partial charge in [-0.3, -0.25) is 4.79 Å². The number of hydrogen-bond acceptors (Lipinski definition) is 3. The lowest BCUT2D eigenvalue weighted by atomic mass is 9.72. The monoisotopic (exact) mass is 349 g/mol. The standard InChI is InChI=1S/C19H24FNO4/c20-15-6-4-5-14(13-15)18(9-11-25-12-10-18)16(22)21-19(17(23)24)7-2-1-3-8-19/h4-6,13H,1-3,7-12H2,(H,21,22)(H,23,24). The molecule has 0 unspecified atom stereocenters. The number of rotatable bonds is 4. The summed E-state index contributed by atoms with van der Waals surface area (Å²) in [7, 11) is 0. The van der Waals surface area contributed by atoms with E-state index in [0.29, 0.717) is 44.5 Å². The number of hydrogen-bond donors (Lipinski definition) is 2. The van der Waals surface area contributed by atoms with Gasteiger partial charge in [-0.25, -0.2) is 9.18 Å². The van der Waals surface area contributed by atoms with E-state index in [1.807, 2.05) is 0 Å². The van der Waals surface area contributed by atoms with Crippen LogP contribution in [0.15, 0.2) is 24.3 Å². The van der Waals surface area contributed by atoms with E-state index in [1.54, 1.807) is 12.1 Å². The van der Waals surface area contributed by atoms with Gasteiger partial charge in [-0.1, -0.05) is 31.4 Å². The first-order valence-corrected chi connectivity index (χ1v) is 8.88. The first-order valence-electron chi connectivity index (χ1n) is 8.88. The fourth-order valence-corrected chi connectivity index (χ4v) is 4.04. The van der Waals surface area contributed by atoms with Crippen LogP contribution >= 0.6 is 0 Å². The van der Waals surface area contributed by atoms with Crippen LogP contribution < -0.4 is 5.32 Å². The van der Waals surface area contributed by atoms with Gasteiger partial charge in [0.15, 0.2) is 0 Å². The molecule has 1 saturated heterocycles. The van der Waals surface area contributed by atoms with Crippen LogP contribution in [0, 0.1) is 5.82 Å². The zero-order valence-electron chi connectivity index (χ0n) is 14.2. The molecule has 0 spiro atoms. The van der Waals surface area contributed by atoms with Gasteiger partial charge in [-0.05, 0) is 43.4 Å². The van der Waals surface area contributed by atoms with Crippen molar-refractivity contribution in [3.8, 4) is 0 Å². The third-order valence-corrected chi connectivity index (χ3v) is 5.63. The van der Waals surface area contributed by atoms with Crippen molar-refractivity contribution in [1.82, 2.24) is 5.32 Å². The molecule has 0 radical (unpaired) electrons. The normalized spacial score (nSPS) is 22.1. The third kappa shape index (κ3) is 3.40. The highest BCUT2D eigenvalue weighted by molar-refractivity contribution is 5.93. The molecule has 136 valence electrons. The van der Waals surface area contributed by atoms with Crippen molar-refractivity contribution in [3.63, 3.8) is 0 Å². The Morgan fingerprint density at radius 2 is 1.76 bits per heavy atom. The molecule has 1 heterocycles. The number of carboxylic acid groups (broad SMARTS) is 1. The largest absolute Gasteiger partial charge is 0.480 e. The second-order valence-electron chi connectivity index (χ2n) is 7.11. The summed E-state index contributed by atoms with van der Waals surface area (Å²) >= 11 is 0. The minimum atomic E-state index is -1.21. The highest BCUT2D eigenvalue weighted by Crippen LogP contribution is 2.37. The first-order chi connectivity index (χ1) is 12.0. The number of benzene rings is 1. The Bertz CT molecular complexity index is 649. The maximum atomic E-state index is 13.8. The van der Waals surface area contributed by atoms with Crippen molar-refractivity contribution in [3.05, 3.63) is 35.6 Å². The van der Waals surface area contributed by atoms with Crippen molar-refractivity contribution >= 4 is 11.9 Å². The number of halogens is 1. The molecule has 0 atom stereocenters. The Balaban J connectivity index is 1.93. The number of carboxylic acids is 1. The smallest absolute Gasteiger partial charge is 0.329 e. The van der Waals surface area contributed by atoms with Gasteiger partial charge in [0.1, 0.15) is 11.4 Å². The molecule has 3 rings (SSSR count). The molecule has 1 aromatic rings. The Morgan fingerprint density at radius 3 is 2.36 bits per heavy atom. The SMILES string of the molecule is O=C(O)C1(NC(=O)C2(c3cccc(F)c3)CCOCC2)CCCCC1. The van der Waals surface area contributed by atoms with Crippen molar-refractivity contribution < 1.29 is 23.8 Å². The van der Waals surface area contributed by atoms with Gasteiger partial charge in [0, 0.05) is 13.2 Å². The van der Waals surface area contributed by atoms with Gasteiger partial charge in [-0.2, -0.15) is 0 Å². The van der Waals surface area contributed by atoms with Gasteiger partial charge >= 0.3 is 5.97 Å². The van der Waals surface area contributed by atoms with Crippen LogP contribution in [0.2, 0.25) is 0 Å². The summed E-state index contributed by atoms with van der Waals surface area (Å²) in [5.41, 5.74) is -1.57. The molecule has 25 heavy (non-hydrogen) atoms. The van der Waals surface area contributed by atoms with E-state index in [9.17, 15) is 19.1 Å². The second kappa shape index (κ2) is 7.12. The number of amides is 1. The summed E-state index contributed by atoms with van der Waals surface area (Å²) < 4.78 is 19.2. The molecule has 0 aromatic heterocycles. The number of ether oxygens (including phenoxy) is 1. The summed E-state index contributed by atoms with van der Waals surface area (Å²) in [4.78, 5) is 25.1. The van der Waals surface area contributed by atoms with Crippen molar-refractivity contribution in [2.45, 2.75) is 55.9 Å². The van der Waals surface area contributed by atoms with E-state index in [1.165, 1.54) is 12.1 Å². The molecule has 1 saturated carbocycles. The summed E-state index contributed by atoms with van der Waals surface area (Å²) in [6.07, 6.45) is 4.24. The first kappa shape index (κ1) is 17.9. The van der Waals surface area contributed by atoms with Crippen molar-refractivity contribution in [1.29, 1.82) is 0 Å². The minimum Gasteiger partial charge on any atom is -0.480 e. The Morgan fingerprint density at radius 1 is 1.08 bits per heavy atom. The van der Waals surface area contributed by atoms with E-state index in [2.05, 4.69) is 5.32 Å². The maximum Gasteiger partial charge on any atom is 0.329 e. The predicted octanol–water partition coefficient (Wildman–Crippen LogP) is 2.78. The van der Waals surface area contributed by atoms with Gasteiger partial charge in [-0.15, -0.1) is 0 Å². The van der Waals surface area contributed by atoms with Gasteiger partial charge in [0.05, 0.1) is 5.41 Å². The van der Waals surface area contributed by atoms with Crippen molar-refractivity contribution in [2.75, 3.05) is 13.2 Å². The highest BCUT2D eigenvalue weighted by Gasteiger charge is 2.48. The van der Waals surface area contributed by atoms with E-state index in [-0.39, 0.29) is 5.91 Å². The summed E-state index contributed by atoms with van der Waals surface area (Å²) in [5.74, 6) is -1.71. The molecule has 2 fully saturated rings. The quantitative estimate of drug-likeness (QED) is 0.876. The van der Waals surface area contributed by atoms with E-state index in [4.69, 9.17) is 4.74 Å². The van der Waals surface area contributed by atoms with Gasteiger partial charge < -0.3 is 15.2 Å². The van der Waals surface area contributed by atoms with Crippen LogP contribution in [-0.2, 0) is 19.7 Å². The molecule has 1 aliphatic heterocycles. The number of nitrogens with one attached hydrogen (secondary N) is 1. The number of carbonyl (C=O) groups excluding carboxylic acids is 1. The Kier molecular flexibility index (Phi) is 5.08. The lowest BCUT2D eigenvalue weighted by molar-refractivity contribution is -0.151. The predicted molar refractivity (Wildman–Crippen MR) is 89.7 cm³/mol. The molecule has 1 aliphatic carbocycles. The maximum absolute atomic E-state index is 13.8. The summed E-state index contributed by atoms with van der Waals surface area (Å²) in [6.45, 7) is 0.786. The van der Waals surface area contributed by atoms with Crippen LogP contribution in [0.1, 0.15) is 50.5 Å². The van der Waals surface area contributed by atoms with Gasteiger partial charge in [0.2, 0.25) is 5.91 Å². The van der Waals surface area contributed by atoms with E-state index in [0.717, 1.165) is 19.3 Å². The average Bonchev–Trinajstić information content (AvgIpc) is 2.63. The molecule has 2 N–H and O–H groups in total. The molecular weight excluding hydrogens is 325 g/mol. The molecule has 0 bridgehead atoms. The fraction of sp³-hybridized carbons (Fsp3) is 0.579. The van der Waals surface area contributed by atoms with E-state index < -0.39 is 22.7 Å². The molecule has 1 amide bonds. The second-order valence-corrected chi connectivity index (χ2v) is 7.11. The van der Waals surface area contributed by atoms with Crippen LogP contribution in [0.5, 0.6) is 0 Å². The zero-order chi connectivity index (χ0) is 17.9. The van der Waals surface area contributed by atoms with E-state index >= 15 is 0 Å². The number of carbonyl (C=O) groups is 2. The Labute approximate surface area is 146 Å².